The quantitative estimate of drug-likeness (QED) is 0.634. The van der Waals surface area contributed by atoms with Gasteiger partial charge in [0.2, 0.25) is 15.9 Å². The fourth-order valence-electron chi connectivity index (χ4n) is 2.80. The molecule has 28 heavy (non-hydrogen) atoms. The molecular formula is C20H27FN2O4S. The zero-order valence-electron chi connectivity index (χ0n) is 16.7. The Bertz CT molecular complexity index is 891. The van der Waals surface area contributed by atoms with Gasteiger partial charge in [-0.15, -0.1) is 0 Å². The molecule has 0 unspecified atom stereocenters. The summed E-state index contributed by atoms with van der Waals surface area (Å²) in [5.74, 6) is 0.957. The van der Waals surface area contributed by atoms with Crippen LogP contribution in [0.4, 0.5) is 4.39 Å². The van der Waals surface area contributed by atoms with Crippen molar-refractivity contribution in [3.05, 3.63) is 53.7 Å². The van der Waals surface area contributed by atoms with Gasteiger partial charge in [-0.05, 0) is 63.6 Å². The van der Waals surface area contributed by atoms with Crippen molar-refractivity contribution in [1.82, 2.24) is 9.21 Å². The van der Waals surface area contributed by atoms with Crippen molar-refractivity contribution in [2.45, 2.75) is 51.1 Å². The van der Waals surface area contributed by atoms with Gasteiger partial charge < -0.3 is 9.32 Å². The molecule has 1 amide bonds. The molecule has 2 aromatic rings. The Morgan fingerprint density at radius 2 is 1.79 bits per heavy atom. The van der Waals surface area contributed by atoms with E-state index in [4.69, 9.17) is 4.42 Å². The topological polar surface area (TPSA) is 70.8 Å². The summed E-state index contributed by atoms with van der Waals surface area (Å²) >= 11 is 0. The standard InChI is InChI=1S/C20H27FN2O4S/c1-15(2)23(14-18-10-7-16(3)27-18)20(24)6-5-13-22(4)28(25,26)19-11-8-17(21)9-12-19/h7-12,15H,5-6,13-14H2,1-4H3. The molecule has 2 rings (SSSR count). The van der Waals surface area contributed by atoms with Gasteiger partial charge in [0.1, 0.15) is 17.3 Å². The minimum atomic E-state index is -3.71. The van der Waals surface area contributed by atoms with E-state index in [0.29, 0.717) is 13.0 Å². The summed E-state index contributed by atoms with van der Waals surface area (Å²) in [6.45, 7) is 6.28. The Morgan fingerprint density at radius 1 is 1.14 bits per heavy atom. The monoisotopic (exact) mass is 410 g/mol. The second-order valence-corrected chi connectivity index (χ2v) is 9.06. The first-order chi connectivity index (χ1) is 13.1. The predicted octanol–water partition coefficient (Wildman–Crippen LogP) is 3.57. The van der Waals surface area contributed by atoms with Crippen LogP contribution >= 0.6 is 0 Å². The van der Waals surface area contributed by atoms with E-state index in [-0.39, 0.29) is 29.8 Å². The highest BCUT2D eigenvalue weighted by Crippen LogP contribution is 2.17. The highest BCUT2D eigenvalue weighted by Gasteiger charge is 2.22. The zero-order valence-corrected chi connectivity index (χ0v) is 17.5. The maximum absolute atomic E-state index is 13.0. The summed E-state index contributed by atoms with van der Waals surface area (Å²) in [6.07, 6.45) is 0.608. The molecule has 1 aromatic heterocycles. The van der Waals surface area contributed by atoms with Crippen LogP contribution in [0.2, 0.25) is 0 Å². The van der Waals surface area contributed by atoms with Crippen LogP contribution < -0.4 is 0 Å². The number of hydrogen-bond acceptors (Lipinski definition) is 4. The van der Waals surface area contributed by atoms with Crippen LogP contribution in [0.1, 0.15) is 38.2 Å². The number of aryl methyl sites for hydroxylation is 1. The third-order valence-electron chi connectivity index (χ3n) is 4.45. The van der Waals surface area contributed by atoms with Crippen LogP contribution in [0, 0.1) is 12.7 Å². The molecule has 0 radical (unpaired) electrons. The molecule has 0 aliphatic heterocycles. The molecule has 0 bridgehead atoms. The highest BCUT2D eigenvalue weighted by molar-refractivity contribution is 7.89. The van der Waals surface area contributed by atoms with Crippen LogP contribution in [0.5, 0.6) is 0 Å². The summed E-state index contributed by atoms with van der Waals surface area (Å²) in [4.78, 5) is 14.4. The fraction of sp³-hybridized carbons (Fsp3) is 0.450. The summed E-state index contributed by atoms with van der Waals surface area (Å²) in [5.41, 5.74) is 0. The second-order valence-electron chi connectivity index (χ2n) is 7.01. The zero-order chi connectivity index (χ0) is 20.9. The lowest BCUT2D eigenvalue weighted by atomic mass is 10.2. The van der Waals surface area contributed by atoms with Crippen molar-refractivity contribution in [3.8, 4) is 0 Å². The summed E-state index contributed by atoms with van der Waals surface area (Å²) < 4.78 is 44.7. The second kappa shape index (κ2) is 9.34. The first-order valence-electron chi connectivity index (χ1n) is 9.18. The number of amides is 1. The molecule has 8 heteroatoms. The number of rotatable bonds is 9. The van der Waals surface area contributed by atoms with Crippen molar-refractivity contribution >= 4 is 15.9 Å². The molecule has 1 heterocycles. The van der Waals surface area contributed by atoms with E-state index in [9.17, 15) is 17.6 Å². The Kier molecular flexibility index (Phi) is 7.37. The van der Waals surface area contributed by atoms with Gasteiger partial charge in [-0.25, -0.2) is 17.1 Å². The molecule has 6 nitrogen and oxygen atoms in total. The van der Waals surface area contributed by atoms with Crippen molar-refractivity contribution in [1.29, 1.82) is 0 Å². The van der Waals surface area contributed by atoms with Crippen LogP contribution in [-0.2, 0) is 21.4 Å². The lowest BCUT2D eigenvalue weighted by molar-refractivity contribution is -0.134. The normalized spacial score (nSPS) is 12.0. The molecule has 0 aliphatic carbocycles. The minimum absolute atomic E-state index is 0.00131. The van der Waals surface area contributed by atoms with Crippen molar-refractivity contribution in [2.75, 3.05) is 13.6 Å². The van der Waals surface area contributed by atoms with E-state index in [0.717, 1.165) is 23.7 Å². The first-order valence-corrected chi connectivity index (χ1v) is 10.6. The van der Waals surface area contributed by atoms with Gasteiger partial charge >= 0.3 is 0 Å². The van der Waals surface area contributed by atoms with Crippen molar-refractivity contribution in [3.63, 3.8) is 0 Å². The van der Waals surface area contributed by atoms with Crippen molar-refractivity contribution in [2.24, 2.45) is 0 Å². The lowest BCUT2D eigenvalue weighted by Gasteiger charge is -2.26. The van der Waals surface area contributed by atoms with E-state index in [2.05, 4.69) is 0 Å². The molecule has 0 saturated carbocycles. The molecule has 0 saturated heterocycles. The summed E-state index contributed by atoms with van der Waals surface area (Å²) in [7, 11) is -2.26. The number of benzene rings is 1. The number of halogens is 1. The van der Waals surface area contributed by atoms with Gasteiger partial charge in [0, 0.05) is 26.1 Å². The van der Waals surface area contributed by atoms with Gasteiger partial charge in [-0.2, -0.15) is 0 Å². The Balaban J connectivity index is 1.92. The van der Waals surface area contributed by atoms with Gasteiger partial charge in [-0.3, -0.25) is 4.79 Å². The van der Waals surface area contributed by atoms with Gasteiger partial charge in [0.25, 0.3) is 0 Å². The molecule has 1 aromatic carbocycles. The molecule has 0 spiro atoms. The SMILES string of the molecule is Cc1ccc(CN(C(=O)CCCN(C)S(=O)(=O)c2ccc(F)cc2)C(C)C)o1. The number of hydrogen-bond donors (Lipinski definition) is 0. The molecule has 0 atom stereocenters. The smallest absolute Gasteiger partial charge is 0.242 e. The van der Waals surface area contributed by atoms with Gasteiger partial charge in [0.05, 0.1) is 11.4 Å². The molecule has 0 aliphatic rings. The van der Waals surface area contributed by atoms with Gasteiger partial charge in [0.15, 0.2) is 0 Å². The van der Waals surface area contributed by atoms with Crippen LogP contribution in [-0.4, -0.2) is 43.2 Å². The molecule has 154 valence electrons. The first kappa shape index (κ1) is 22.1. The van der Waals surface area contributed by atoms with Gasteiger partial charge in [-0.1, -0.05) is 0 Å². The number of sulfonamides is 1. The largest absolute Gasteiger partial charge is 0.464 e. The average molecular weight is 411 g/mol. The number of carbonyl (C=O) groups excluding carboxylic acids is 1. The third-order valence-corrected chi connectivity index (χ3v) is 6.32. The van der Waals surface area contributed by atoms with Crippen molar-refractivity contribution < 1.29 is 22.0 Å². The number of furan rings is 1. The van der Waals surface area contributed by atoms with E-state index < -0.39 is 15.8 Å². The Labute approximate surface area is 166 Å². The lowest BCUT2D eigenvalue weighted by Crippen LogP contribution is -2.37. The van der Waals surface area contributed by atoms with E-state index in [1.807, 2.05) is 32.9 Å². The van der Waals surface area contributed by atoms with Crippen LogP contribution in [0.3, 0.4) is 0 Å². The maximum atomic E-state index is 13.0. The average Bonchev–Trinajstić information content (AvgIpc) is 3.04. The maximum Gasteiger partial charge on any atom is 0.242 e. The van der Waals surface area contributed by atoms with Crippen LogP contribution in [0.25, 0.3) is 0 Å². The number of nitrogens with zero attached hydrogens (tertiary/aromatic N) is 2. The summed E-state index contributed by atoms with van der Waals surface area (Å²) in [5, 5.41) is 0. The third kappa shape index (κ3) is 5.65. The highest BCUT2D eigenvalue weighted by atomic mass is 32.2. The molecule has 0 N–H and O–H groups in total. The fourth-order valence-corrected chi connectivity index (χ4v) is 4.01. The summed E-state index contributed by atoms with van der Waals surface area (Å²) in [6, 6.07) is 8.39. The van der Waals surface area contributed by atoms with E-state index >= 15 is 0 Å². The Hall–Kier alpha value is -2.19. The molecular weight excluding hydrogens is 383 g/mol. The Morgan fingerprint density at radius 3 is 2.32 bits per heavy atom. The molecule has 0 fully saturated rings. The van der Waals surface area contributed by atoms with Crippen LogP contribution in [0.15, 0.2) is 45.7 Å². The predicted molar refractivity (Wildman–Crippen MR) is 105 cm³/mol. The van der Waals surface area contributed by atoms with E-state index in [1.165, 1.54) is 23.5 Å². The number of carbonyl (C=O) groups is 1. The van der Waals surface area contributed by atoms with E-state index in [1.54, 1.807) is 4.90 Å². The minimum Gasteiger partial charge on any atom is -0.464 e.